The number of carbonyl (C=O) groups is 1. The largest absolute Gasteiger partial charge is 0.493 e. The molecule has 12 heteroatoms. The summed E-state index contributed by atoms with van der Waals surface area (Å²) in [6.07, 6.45) is 3.56. The lowest BCUT2D eigenvalue weighted by molar-refractivity contribution is -0.386. The summed E-state index contributed by atoms with van der Waals surface area (Å²) < 4.78 is 13.1. The smallest absolute Gasteiger partial charge is 0.335 e. The van der Waals surface area contributed by atoms with Gasteiger partial charge in [-0.05, 0) is 48.4 Å². The molecule has 4 aromatic rings. The summed E-state index contributed by atoms with van der Waals surface area (Å²) in [5.41, 5.74) is 0.876. The number of halogens is 1. The third-order valence-corrected chi connectivity index (χ3v) is 6.50. The van der Waals surface area contributed by atoms with Crippen LogP contribution in [0, 0.1) is 10.1 Å². The molecule has 3 aromatic carbocycles. The second-order valence-electron chi connectivity index (χ2n) is 8.77. The molecule has 0 aliphatic heterocycles. The number of methoxy groups -OCH3 is 1. The van der Waals surface area contributed by atoms with Crippen molar-refractivity contribution in [3.8, 4) is 11.5 Å². The molecule has 0 unspecified atom stereocenters. The van der Waals surface area contributed by atoms with Crippen LogP contribution in [0.2, 0.25) is 0 Å². The van der Waals surface area contributed by atoms with Gasteiger partial charge >= 0.3 is 11.7 Å². The fourth-order valence-corrected chi connectivity index (χ4v) is 4.31. The van der Waals surface area contributed by atoms with E-state index in [9.17, 15) is 19.7 Å². The summed E-state index contributed by atoms with van der Waals surface area (Å²) in [4.78, 5) is 40.4. The molecule has 0 bridgehead atoms. The van der Waals surface area contributed by atoms with E-state index in [2.05, 4.69) is 26.0 Å². The SMILES string of the molecule is CCCCc1nc2ccc(Br)cc2c(=O)n1N=Cc1cc(OC)c(OCc2ccc(C(=O)O)cc2)c([N+](=O)[O-])c1. The van der Waals surface area contributed by atoms with Crippen LogP contribution in [0.1, 0.15) is 47.1 Å². The van der Waals surface area contributed by atoms with Crippen molar-refractivity contribution in [3.63, 3.8) is 0 Å². The number of hydrogen-bond donors (Lipinski definition) is 1. The summed E-state index contributed by atoms with van der Waals surface area (Å²) in [7, 11) is 1.35. The summed E-state index contributed by atoms with van der Waals surface area (Å²) >= 11 is 3.38. The molecule has 0 atom stereocenters. The Morgan fingerprint density at radius 3 is 2.60 bits per heavy atom. The van der Waals surface area contributed by atoms with Crippen LogP contribution >= 0.6 is 15.9 Å². The number of nitro benzene ring substituents is 1. The van der Waals surface area contributed by atoms with Crippen molar-refractivity contribution in [2.45, 2.75) is 32.8 Å². The molecule has 1 heterocycles. The minimum absolute atomic E-state index is 0.0565. The molecular formula is C28H25BrN4O7. The zero-order chi connectivity index (χ0) is 28.8. The average Bonchev–Trinajstić information content (AvgIpc) is 2.94. The molecule has 0 radical (unpaired) electrons. The van der Waals surface area contributed by atoms with E-state index in [0.29, 0.717) is 34.3 Å². The monoisotopic (exact) mass is 608 g/mol. The van der Waals surface area contributed by atoms with Gasteiger partial charge in [-0.15, -0.1) is 0 Å². The Morgan fingerprint density at radius 1 is 1.20 bits per heavy atom. The summed E-state index contributed by atoms with van der Waals surface area (Å²) in [6, 6.07) is 14.0. The Balaban J connectivity index is 1.70. The van der Waals surface area contributed by atoms with Gasteiger partial charge in [0.05, 0.1) is 34.7 Å². The van der Waals surface area contributed by atoms with Crippen molar-refractivity contribution in [2.75, 3.05) is 7.11 Å². The highest BCUT2D eigenvalue weighted by atomic mass is 79.9. The molecule has 0 saturated carbocycles. The summed E-state index contributed by atoms with van der Waals surface area (Å²) in [5.74, 6) is -0.579. The van der Waals surface area contributed by atoms with Gasteiger partial charge in [0.1, 0.15) is 12.4 Å². The fraction of sp³-hybridized carbons (Fsp3) is 0.214. The van der Waals surface area contributed by atoms with Crippen LogP contribution in [0.3, 0.4) is 0 Å². The van der Waals surface area contributed by atoms with Crippen LogP contribution in [-0.4, -0.2) is 39.0 Å². The predicted octanol–water partition coefficient (Wildman–Crippen LogP) is 5.58. The maximum Gasteiger partial charge on any atom is 0.335 e. The van der Waals surface area contributed by atoms with Crippen molar-refractivity contribution in [3.05, 3.63) is 102 Å². The Kier molecular flexibility index (Phi) is 8.90. The second-order valence-corrected chi connectivity index (χ2v) is 9.69. The number of benzene rings is 3. The number of nitro groups is 1. The number of rotatable bonds is 11. The van der Waals surface area contributed by atoms with Crippen LogP contribution in [0.4, 0.5) is 5.69 Å². The molecule has 1 aromatic heterocycles. The Morgan fingerprint density at radius 2 is 1.95 bits per heavy atom. The zero-order valence-electron chi connectivity index (χ0n) is 21.7. The van der Waals surface area contributed by atoms with Crippen molar-refractivity contribution in [1.82, 2.24) is 9.66 Å². The number of unbranched alkanes of at least 4 members (excludes halogenated alkanes) is 1. The maximum atomic E-state index is 13.3. The molecule has 0 saturated heterocycles. The first-order valence-electron chi connectivity index (χ1n) is 12.3. The number of carboxylic acids is 1. The van der Waals surface area contributed by atoms with Crippen LogP contribution in [0.5, 0.6) is 11.5 Å². The van der Waals surface area contributed by atoms with Gasteiger partial charge in [-0.1, -0.05) is 41.4 Å². The molecule has 4 rings (SSSR count). The number of carboxylic acid groups (broad SMARTS) is 1. The van der Waals surface area contributed by atoms with Crippen molar-refractivity contribution in [1.29, 1.82) is 0 Å². The first-order valence-corrected chi connectivity index (χ1v) is 13.1. The van der Waals surface area contributed by atoms with E-state index in [1.165, 1.54) is 42.3 Å². The lowest BCUT2D eigenvalue weighted by Gasteiger charge is -2.12. The minimum Gasteiger partial charge on any atom is -0.493 e. The standard InChI is InChI=1S/C28H25BrN4O7/c1-3-4-5-25-31-22-11-10-20(29)14-21(22)27(34)32(25)30-15-18-12-23(33(37)38)26(24(13-18)39-2)40-16-17-6-8-19(9-7-17)28(35)36/h6-15H,3-5,16H2,1-2H3,(H,35,36). The lowest BCUT2D eigenvalue weighted by Crippen LogP contribution is -2.22. The number of nitrogens with zero attached hydrogens (tertiary/aromatic N) is 4. The van der Waals surface area contributed by atoms with E-state index in [1.54, 1.807) is 24.3 Å². The Labute approximate surface area is 237 Å². The first kappa shape index (κ1) is 28.4. The molecule has 206 valence electrons. The maximum absolute atomic E-state index is 13.3. The van der Waals surface area contributed by atoms with Gasteiger partial charge in [0.15, 0.2) is 5.75 Å². The molecule has 11 nitrogen and oxygen atoms in total. The van der Waals surface area contributed by atoms with Gasteiger partial charge in [0, 0.05) is 22.5 Å². The highest BCUT2D eigenvalue weighted by Gasteiger charge is 2.22. The van der Waals surface area contributed by atoms with E-state index in [4.69, 9.17) is 14.6 Å². The molecule has 0 amide bonds. The van der Waals surface area contributed by atoms with Gasteiger partial charge in [0.2, 0.25) is 5.75 Å². The molecule has 0 aliphatic carbocycles. The molecule has 40 heavy (non-hydrogen) atoms. The highest BCUT2D eigenvalue weighted by Crippen LogP contribution is 2.38. The molecular weight excluding hydrogens is 584 g/mol. The van der Waals surface area contributed by atoms with E-state index in [-0.39, 0.29) is 34.9 Å². The third-order valence-electron chi connectivity index (χ3n) is 6.01. The second kappa shape index (κ2) is 12.5. The molecule has 0 spiro atoms. The lowest BCUT2D eigenvalue weighted by atomic mass is 10.1. The number of aromatic nitrogens is 2. The van der Waals surface area contributed by atoms with Crippen molar-refractivity contribution >= 4 is 44.7 Å². The number of hydrogen-bond acceptors (Lipinski definition) is 8. The molecule has 1 N–H and O–H groups in total. The minimum atomic E-state index is -1.06. The summed E-state index contributed by atoms with van der Waals surface area (Å²) in [5, 5.41) is 25.8. The molecule has 0 fully saturated rings. The normalized spacial score (nSPS) is 11.2. The van der Waals surface area contributed by atoms with Crippen LogP contribution in [0.25, 0.3) is 10.9 Å². The fourth-order valence-electron chi connectivity index (χ4n) is 3.95. The number of fused-ring (bicyclic) bond motifs is 1. The zero-order valence-corrected chi connectivity index (χ0v) is 23.3. The van der Waals surface area contributed by atoms with Crippen molar-refractivity contribution < 1.29 is 24.3 Å². The van der Waals surface area contributed by atoms with Crippen molar-refractivity contribution in [2.24, 2.45) is 5.10 Å². The van der Waals surface area contributed by atoms with Gasteiger partial charge in [-0.3, -0.25) is 14.9 Å². The topological polar surface area (TPSA) is 146 Å². The Hall–Kier alpha value is -4.58. The Bertz CT molecular complexity index is 1670. The van der Waals surface area contributed by atoms with Crippen LogP contribution in [0.15, 0.2) is 69.0 Å². The average molecular weight is 609 g/mol. The van der Waals surface area contributed by atoms with Crippen LogP contribution in [-0.2, 0) is 13.0 Å². The van der Waals surface area contributed by atoms with Gasteiger partial charge in [0.25, 0.3) is 5.56 Å². The first-order chi connectivity index (χ1) is 19.2. The van der Waals surface area contributed by atoms with Gasteiger partial charge in [-0.2, -0.15) is 9.78 Å². The van der Waals surface area contributed by atoms with E-state index < -0.39 is 10.9 Å². The van der Waals surface area contributed by atoms with Gasteiger partial charge in [-0.25, -0.2) is 9.78 Å². The van der Waals surface area contributed by atoms with Crippen LogP contribution < -0.4 is 15.0 Å². The number of aromatic carboxylic acids is 1. The number of ether oxygens (including phenoxy) is 2. The summed E-state index contributed by atoms with van der Waals surface area (Å²) in [6.45, 7) is 1.98. The number of aryl methyl sites for hydroxylation is 1. The quantitative estimate of drug-likeness (QED) is 0.132. The predicted molar refractivity (Wildman–Crippen MR) is 153 cm³/mol. The van der Waals surface area contributed by atoms with Gasteiger partial charge < -0.3 is 14.6 Å². The molecule has 0 aliphatic rings. The third kappa shape index (κ3) is 6.34. The highest BCUT2D eigenvalue weighted by molar-refractivity contribution is 9.10. The van der Waals surface area contributed by atoms with E-state index in [0.717, 1.165) is 17.3 Å². The van der Waals surface area contributed by atoms with E-state index in [1.807, 2.05) is 13.0 Å². The van der Waals surface area contributed by atoms with E-state index >= 15 is 0 Å².